The summed E-state index contributed by atoms with van der Waals surface area (Å²) in [6.07, 6.45) is 6.65. The number of hydrogen-bond donors (Lipinski definition) is 0. The van der Waals surface area contributed by atoms with Crippen LogP contribution in [0.4, 0.5) is 8.78 Å². The maximum atomic E-state index is 14.9. The van der Waals surface area contributed by atoms with E-state index in [1.807, 2.05) is 68.4 Å². The first-order valence-corrected chi connectivity index (χ1v) is 11.9. The first-order chi connectivity index (χ1) is 16.5. The molecule has 0 radical (unpaired) electrons. The third-order valence-electron chi connectivity index (χ3n) is 6.36. The van der Waals surface area contributed by atoms with Crippen molar-refractivity contribution in [2.24, 2.45) is 0 Å². The van der Waals surface area contributed by atoms with Crippen LogP contribution in [0, 0.1) is 11.6 Å². The maximum Gasteiger partial charge on any atom is 0.129 e. The lowest BCUT2D eigenvalue weighted by Crippen LogP contribution is -2.04. The standard InChI is InChI=1S/C32H30F2/c1-3-4-6-9-24-12-14-26(15-13-24)27-16-18-28(19-17-27)29-21-31(33)30(32(34)22-29)20-23(2)25-10-7-5-8-11-25/h3-5,7-8,10-19,21-23H,6,9,20H2,1-2H3/t23-/m0/s1. The zero-order chi connectivity index (χ0) is 23.9. The van der Waals surface area contributed by atoms with E-state index in [0.29, 0.717) is 12.0 Å². The molecule has 0 aliphatic carbocycles. The Morgan fingerprint density at radius 2 is 1.24 bits per heavy atom. The highest BCUT2D eigenvalue weighted by Gasteiger charge is 2.16. The van der Waals surface area contributed by atoms with Gasteiger partial charge < -0.3 is 0 Å². The fraction of sp³-hybridized carbons (Fsp3) is 0.188. The predicted octanol–water partition coefficient (Wildman–Crippen LogP) is 9.15. The fourth-order valence-corrected chi connectivity index (χ4v) is 4.31. The van der Waals surface area contributed by atoms with E-state index in [0.717, 1.165) is 35.1 Å². The Morgan fingerprint density at radius 3 is 1.79 bits per heavy atom. The van der Waals surface area contributed by atoms with Gasteiger partial charge in [-0.15, -0.1) is 0 Å². The van der Waals surface area contributed by atoms with Crippen LogP contribution in [-0.4, -0.2) is 0 Å². The van der Waals surface area contributed by atoms with E-state index in [1.165, 1.54) is 17.7 Å². The van der Waals surface area contributed by atoms with E-state index in [1.54, 1.807) is 0 Å². The van der Waals surface area contributed by atoms with Crippen molar-refractivity contribution in [3.05, 3.63) is 131 Å². The van der Waals surface area contributed by atoms with Gasteiger partial charge in [-0.05, 0) is 77.6 Å². The van der Waals surface area contributed by atoms with Crippen LogP contribution >= 0.6 is 0 Å². The number of aryl methyl sites for hydroxylation is 1. The van der Waals surface area contributed by atoms with Crippen molar-refractivity contribution in [3.63, 3.8) is 0 Å². The molecular weight excluding hydrogens is 422 g/mol. The topological polar surface area (TPSA) is 0 Å². The molecule has 2 heteroatoms. The molecule has 0 heterocycles. The quantitative estimate of drug-likeness (QED) is 0.234. The van der Waals surface area contributed by atoms with Gasteiger partial charge in [0.05, 0.1) is 0 Å². The van der Waals surface area contributed by atoms with Gasteiger partial charge in [-0.3, -0.25) is 0 Å². The van der Waals surface area contributed by atoms with Gasteiger partial charge in [0.25, 0.3) is 0 Å². The Hall–Kier alpha value is -3.52. The molecule has 0 amide bonds. The highest BCUT2D eigenvalue weighted by molar-refractivity contribution is 5.70. The van der Waals surface area contributed by atoms with Crippen LogP contribution < -0.4 is 0 Å². The van der Waals surface area contributed by atoms with Gasteiger partial charge in [0, 0.05) is 5.56 Å². The molecular formula is C32H30F2. The smallest absolute Gasteiger partial charge is 0.129 e. The minimum absolute atomic E-state index is 0.0323. The lowest BCUT2D eigenvalue weighted by molar-refractivity contribution is 0.544. The van der Waals surface area contributed by atoms with Gasteiger partial charge in [-0.25, -0.2) is 8.78 Å². The number of allylic oxidation sites excluding steroid dienone is 2. The molecule has 0 N–H and O–H groups in total. The van der Waals surface area contributed by atoms with Crippen LogP contribution in [0.5, 0.6) is 0 Å². The monoisotopic (exact) mass is 452 g/mol. The fourth-order valence-electron chi connectivity index (χ4n) is 4.31. The van der Waals surface area contributed by atoms with E-state index in [-0.39, 0.29) is 11.5 Å². The SMILES string of the molecule is CC=CCCc1ccc(-c2ccc(-c3cc(F)c(C[C@H](C)c4ccccc4)c(F)c3)cc2)cc1. The second-order valence-electron chi connectivity index (χ2n) is 8.82. The average molecular weight is 453 g/mol. The molecule has 0 aliphatic heterocycles. The molecule has 4 aromatic carbocycles. The summed E-state index contributed by atoms with van der Waals surface area (Å²) in [6.45, 7) is 4.03. The maximum absolute atomic E-state index is 14.9. The van der Waals surface area contributed by atoms with Gasteiger partial charge >= 0.3 is 0 Å². The van der Waals surface area contributed by atoms with Crippen molar-refractivity contribution >= 4 is 0 Å². The molecule has 0 spiro atoms. The second kappa shape index (κ2) is 11.1. The molecule has 172 valence electrons. The van der Waals surface area contributed by atoms with Crippen LogP contribution in [0.2, 0.25) is 0 Å². The van der Waals surface area contributed by atoms with Crippen molar-refractivity contribution in [2.75, 3.05) is 0 Å². The van der Waals surface area contributed by atoms with Gasteiger partial charge in [-0.1, -0.05) is 97.9 Å². The van der Waals surface area contributed by atoms with Crippen LogP contribution in [0.15, 0.2) is 103 Å². The summed E-state index contributed by atoms with van der Waals surface area (Å²) in [4.78, 5) is 0. The lowest BCUT2D eigenvalue weighted by atomic mass is 9.92. The lowest BCUT2D eigenvalue weighted by Gasteiger charge is -2.14. The Bertz CT molecular complexity index is 1210. The van der Waals surface area contributed by atoms with Crippen LogP contribution in [0.25, 0.3) is 22.3 Å². The van der Waals surface area contributed by atoms with E-state index in [4.69, 9.17) is 0 Å². The number of halogens is 2. The molecule has 0 fully saturated rings. The zero-order valence-corrected chi connectivity index (χ0v) is 19.8. The first-order valence-electron chi connectivity index (χ1n) is 11.9. The van der Waals surface area contributed by atoms with Gasteiger partial charge in [0.1, 0.15) is 11.6 Å². The molecule has 34 heavy (non-hydrogen) atoms. The van der Waals surface area contributed by atoms with Crippen LogP contribution in [0.3, 0.4) is 0 Å². The van der Waals surface area contributed by atoms with Crippen molar-refractivity contribution in [1.29, 1.82) is 0 Å². The van der Waals surface area contributed by atoms with Crippen molar-refractivity contribution in [2.45, 2.75) is 39.0 Å². The molecule has 0 saturated heterocycles. The highest BCUT2D eigenvalue weighted by Crippen LogP contribution is 2.30. The van der Waals surface area contributed by atoms with Gasteiger partial charge in [0.2, 0.25) is 0 Å². The minimum Gasteiger partial charge on any atom is -0.207 e. The highest BCUT2D eigenvalue weighted by atomic mass is 19.1. The molecule has 0 aromatic heterocycles. The van der Waals surface area contributed by atoms with Crippen LogP contribution in [0.1, 0.15) is 42.9 Å². The number of benzene rings is 4. The molecule has 0 nitrogen and oxygen atoms in total. The number of hydrogen-bond acceptors (Lipinski definition) is 0. The van der Waals surface area contributed by atoms with Crippen molar-refractivity contribution in [1.82, 2.24) is 0 Å². The Morgan fingerprint density at radius 1 is 0.706 bits per heavy atom. The first kappa shape index (κ1) is 23.6. The molecule has 0 aliphatic rings. The summed E-state index contributed by atoms with van der Waals surface area (Å²) in [7, 11) is 0. The summed E-state index contributed by atoms with van der Waals surface area (Å²) in [5.74, 6) is -0.949. The average Bonchev–Trinajstić information content (AvgIpc) is 2.87. The molecule has 4 rings (SSSR count). The third-order valence-corrected chi connectivity index (χ3v) is 6.36. The third kappa shape index (κ3) is 5.69. The normalized spacial score (nSPS) is 12.2. The molecule has 1 atom stereocenters. The van der Waals surface area contributed by atoms with Gasteiger partial charge in [-0.2, -0.15) is 0 Å². The van der Waals surface area contributed by atoms with Crippen molar-refractivity contribution in [3.8, 4) is 22.3 Å². The summed E-state index contributed by atoms with van der Waals surface area (Å²) in [5.41, 5.74) is 6.09. The predicted molar refractivity (Wildman–Crippen MR) is 139 cm³/mol. The van der Waals surface area contributed by atoms with E-state index in [9.17, 15) is 8.78 Å². The summed E-state index contributed by atoms with van der Waals surface area (Å²) in [6, 6.07) is 29.2. The Kier molecular flexibility index (Phi) is 7.69. The Labute approximate surface area is 201 Å². The molecule has 0 saturated carbocycles. The summed E-state index contributed by atoms with van der Waals surface area (Å²) in [5, 5.41) is 0. The van der Waals surface area contributed by atoms with E-state index in [2.05, 4.69) is 36.4 Å². The van der Waals surface area contributed by atoms with E-state index < -0.39 is 11.6 Å². The zero-order valence-electron chi connectivity index (χ0n) is 19.8. The molecule has 0 bridgehead atoms. The molecule has 4 aromatic rings. The van der Waals surface area contributed by atoms with E-state index >= 15 is 0 Å². The minimum atomic E-state index is -0.490. The van der Waals surface area contributed by atoms with Crippen molar-refractivity contribution < 1.29 is 8.78 Å². The Balaban J connectivity index is 1.49. The summed E-state index contributed by atoms with van der Waals surface area (Å²) >= 11 is 0. The van der Waals surface area contributed by atoms with Crippen LogP contribution in [-0.2, 0) is 12.8 Å². The van der Waals surface area contributed by atoms with Gasteiger partial charge in [0.15, 0.2) is 0 Å². The number of rotatable bonds is 8. The second-order valence-corrected chi connectivity index (χ2v) is 8.82. The molecule has 0 unspecified atom stereocenters. The summed E-state index contributed by atoms with van der Waals surface area (Å²) < 4.78 is 29.8. The largest absolute Gasteiger partial charge is 0.207 e.